The van der Waals surface area contributed by atoms with E-state index in [0.717, 1.165) is 13.1 Å². The molecular formula is C18H41N3. The summed E-state index contributed by atoms with van der Waals surface area (Å²) in [5.74, 6) is 0. The first kappa shape index (κ1) is 20.9. The maximum Gasteiger partial charge on any atom is 0.00473 e. The van der Waals surface area contributed by atoms with Crippen molar-refractivity contribution in [2.24, 2.45) is 5.41 Å². The molecule has 0 aromatic heterocycles. The summed E-state index contributed by atoms with van der Waals surface area (Å²) >= 11 is 0. The van der Waals surface area contributed by atoms with E-state index in [-0.39, 0.29) is 0 Å². The summed E-state index contributed by atoms with van der Waals surface area (Å²) in [7, 11) is 0. The molecule has 0 rings (SSSR count). The Balaban J connectivity index is 4.25. The first-order chi connectivity index (χ1) is 9.90. The first-order valence-electron chi connectivity index (χ1n) is 9.08. The summed E-state index contributed by atoms with van der Waals surface area (Å²) in [6, 6.07) is 0.577. The summed E-state index contributed by atoms with van der Waals surface area (Å²) in [6.07, 6.45) is 2.52. The van der Waals surface area contributed by atoms with Gasteiger partial charge in [-0.2, -0.15) is 0 Å². The van der Waals surface area contributed by atoms with Crippen molar-refractivity contribution in [2.45, 2.75) is 67.3 Å². The molecular weight excluding hydrogens is 258 g/mol. The molecule has 1 N–H and O–H groups in total. The topological polar surface area (TPSA) is 18.5 Å². The van der Waals surface area contributed by atoms with Crippen LogP contribution in [0.2, 0.25) is 0 Å². The molecule has 3 heteroatoms. The van der Waals surface area contributed by atoms with Crippen LogP contribution in [0, 0.1) is 5.41 Å². The van der Waals surface area contributed by atoms with E-state index in [2.05, 4.69) is 63.6 Å². The zero-order chi connectivity index (χ0) is 16.3. The third-order valence-electron chi connectivity index (χ3n) is 4.69. The van der Waals surface area contributed by atoms with E-state index in [4.69, 9.17) is 0 Å². The Morgan fingerprint density at radius 1 is 0.905 bits per heavy atom. The minimum absolute atomic E-state index is 0.384. The fourth-order valence-corrected chi connectivity index (χ4v) is 2.69. The molecule has 21 heavy (non-hydrogen) atoms. The molecule has 0 aliphatic carbocycles. The van der Waals surface area contributed by atoms with Crippen LogP contribution in [0.1, 0.15) is 61.3 Å². The van der Waals surface area contributed by atoms with Gasteiger partial charge in [-0.1, -0.05) is 48.5 Å². The third kappa shape index (κ3) is 9.49. The van der Waals surface area contributed by atoms with Crippen molar-refractivity contribution in [3.8, 4) is 0 Å². The van der Waals surface area contributed by atoms with Gasteiger partial charge in [0.25, 0.3) is 0 Å². The number of hydrogen-bond acceptors (Lipinski definition) is 3. The smallest absolute Gasteiger partial charge is 0.00473 e. The Hall–Kier alpha value is -0.120. The molecule has 0 heterocycles. The Bertz CT molecular complexity index is 239. The quantitative estimate of drug-likeness (QED) is 0.562. The molecule has 3 nitrogen and oxygen atoms in total. The van der Waals surface area contributed by atoms with Gasteiger partial charge in [-0.25, -0.2) is 0 Å². The second-order valence-electron chi connectivity index (χ2n) is 6.95. The predicted molar refractivity (Wildman–Crippen MR) is 96.1 cm³/mol. The zero-order valence-electron chi connectivity index (χ0n) is 15.8. The average Bonchev–Trinajstić information content (AvgIpc) is 2.48. The fourth-order valence-electron chi connectivity index (χ4n) is 2.69. The second kappa shape index (κ2) is 11.4. The number of nitrogens with zero attached hydrogens (tertiary/aromatic N) is 2. The van der Waals surface area contributed by atoms with Crippen LogP contribution in [-0.2, 0) is 0 Å². The minimum Gasteiger partial charge on any atom is -0.314 e. The van der Waals surface area contributed by atoms with Crippen molar-refractivity contribution >= 4 is 0 Å². The van der Waals surface area contributed by atoms with Gasteiger partial charge in [0, 0.05) is 19.1 Å². The van der Waals surface area contributed by atoms with E-state index in [0.29, 0.717) is 11.5 Å². The molecule has 0 spiro atoms. The normalized spacial score (nSPS) is 15.1. The van der Waals surface area contributed by atoms with E-state index < -0.39 is 0 Å². The van der Waals surface area contributed by atoms with Crippen LogP contribution in [-0.4, -0.2) is 61.7 Å². The summed E-state index contributed by atoms with van der Waals surface area (Å²) in [5.41, 5.74) is 0.384. The van der Waals surface area contributed by atoms with Crippen LogP contribution in [0.25, 0.3) is 0 Å². The molecule has 1 atom stereocenters. The van der Waals surface area contributed by atoms with Gasteiger partial charge in [0.1, 0.15) is 0 Å². The monoisotopic (exact) mass is 299 g/mol. The summed E-state index contributed by atoms with van der Waals surface area (Å²) in [4.78, 5) is 5.15. The van der Waals surface area contributed by atoms with Gasteiger partial charge >= 0.3 is 0 Å². The minimum atomic E-state index is 0.384. The zero-order valence-corrected chi connectivity index (χ0v) is 15.8. The number of rotatable bonds is 13. The summed E-state index contributed by atoms with van der Waals surface area (Å²) < 4.78 is 0. The van der Waals surface area contributed by atoms with E-state index in [1.807, 2.05) is 0 Å². The lowest BCUT2D eigenvalue weighted by atomic mass is 9.86. The van der Waals surface area contributed by atoms with Gasteiger partial charge in [-0.05, 0) is 51.0 Å². The van der Waals surface area contributed by atoms with Crippen LogP contribution in [0.4, 0.5) is 0 Å². The van der Waals surface area contributed by atoms with Crippen molar-refractivity contribution in [3.63, 3.8) is 0 Å². The molecule has 0 aromatic rings. The highest BCUT2D eigenvalue weighted by Gasteiger charge is 2.24. The molecule has 0 aliphatic heterocycles. The standard InChI is InChI=1S/C18H41N3/c1-8-18(7,15-19-17(5)6)16-21(11-4)14-12-13-20(9-2)10-3/h17,19H,8-16H2,1-7H3. The van der Waals surface area contributed by atoms with Crippen molar-refractivity contribution in [1.82, 2.24) is 15.1 Å². The lowest BCUT2D eigenvalue weighted by Crippen LogP contribution is -2.44. The van der Waals surface area contributed by atoms with Crippen LogP contribution in [0.3, 0.4) is 0 Å². The lowest BCUT2D eigenvalue weighted by Gasteiger charge is -2.35. The van der Waals surface area contributed by atoms with E-state index >= 15 is 0 Å². The average molecular weight is 300 g/mol. The van der Waals surface area contributed by atoms with E-state index in [1.54, 1.807) is 0 Å². The molecule has 0 aromatic carbocycles. The highest BCUT2D eigenvalue weighted by molar-refractivity contribution is 4.80. The second-order valence-corrected chi connectivity index (χ2v) is 6.95. The van der Waals surface area contributed by atoms with Gasteiger partial charge in [0.2, 0.25) is 0 Å². The van der Waals surface area contributed by atoms with E-state index in [1.165, 1.54) is 45.6 Å². The van der Waals surface area contributed by atoms with Crippen molar-refractivity contribution < 1.29 is 0 Å². The van der Waals surface area contributed by atoms with Crippen LogP contribution in [0.5, 0.6) is 0 Å². The molecule has 0 amide bonds. The Labute approximate surface area is 134 Å². The molecule has 0 bridgehead atoms. The van der Waals surface area contributed by atoms with Crippen LogP contribution < -0.4 is 5.32 Å². The molecule has 0 saturated heterocycles. The molecule has 128 valence electrons. The maximum atomic E-state index is 3.62. The first-order valence-corrected chi connectivity index (χ1v) is 9.08. The van der Waals surface area contributed by atoms with Gasteiger partial charge in [-0.15, -0.1) is 0 Å². The van der Waals surface area contributed by atoms with Crippen LogP contribution >= 0.6 is 0 Å². The largest absolute Gasteiger partial charge is 0.314 e. The Morgan fingerprint density at radius 2 is 1.43 bits per heavy atom. The van der Waals surface area contributed by atoms with Gasteiger partial charge in [0.15, 0.2) is 0 Å². The lowest BCUT2D eigenvalue weighted by molar-refractivity contribution is 0.150. The van der Waals surface area contributed by atoms with Crippen LogP contribution in [0.15, 0.2) is 0 Å². The van der Waals surface area contributed by atoms with Gasteiger partial charge in [-0.3, -0.25) is 0 Å². The SMILES string of the molecule is CCN(CC)CCCN(CC)CC(C)(CC)CNC(C)C. The summed E-state index contributed by atoms with van der Waals surface area (Å²) in [6.45, 7) is 24.3. The maximum absolute atomic E-state index is 3.62. The molecule has 0 saturated carbocycles. The Morgan fingerprint density at radius 3 is 1.86 bits per heavy atom. The number of hydrogen-bond donors (Lipinski definition) is 1. The van der Waals surface area contributed by atoms with Crippen molar-refractivity contribution in [3.05, 3.63) is 0 Å². The molecule has 0 fully saturated rings. The van der Waals surface area contributed by atoms with E-state index in [9.17, 15) is 0 Å². The number of nitrogens with one attached hydrogen (secondary N) is 1. The van der Waals surface area contributed by atoms with Gasteiger partial charge < -0.3 is 15.1 Å². The molecule has 0 aliphatic rings. The summed E-state index contributed by atoms with van der Waals surface area (Å²) in [5, 5.41) is 3.62. The Kier molecular flexibility index (Phi) is 11.4. The molecule has 0 radical (unpaired) electrons. The fraction of sp³-hybridized carbons (Fsp3) is 1.00. The highest BCUT2D eigenvalue weighted by atomic mass is 15.1. The van der Waals surface area contributed by atoms with Crippen molar-refractivity contribution in [1.29, 1.82) is 0 Å². The molecule has 1 unspecified atom stereocenters. The van der Waals surface area contributed by atoms with Gasteiger partial charge in [0.05, 0.1) is 0 Å². The predicted octanol–water partition coefficient (Wildman–Crippen LogP) is 3.45. The third-order valence-corrected chi connectivity index (χ3v) is 4.69. The van der Waals surface area contributed by atoms with Crippen molar-refractivity contribution in [2.75, 3.05) is 45.8 Å². The highest BCUT2D eigenvalue weighted by Crippen LogP contribution is 2.22.